The van der Waals surface area contributed by atoms with Gasteiger partial charge in [-0.3, -0.25) is 9.59 Å². The topological polar surface area (TPSA) is 98.1 Å². The first-order chi connectivity index (χ1) is 15.4. The van der Waals surface area contributed by atoms with Crippen molar-refractivity contribution in [2.24, 2.45) is 7.05 Å². The number of thioether (sulfide) groups is 1. The zero-order chi connectivity index (χ0) is 23.1. The van der Waals surface area contributed by atoms with Gasteiger partial charge in [0.15, 0.2) is 11.0 Å². The van der Waals surface area contributed by atoms with Crippen LogP contribution in [0.3, 0.4) is 0 Å². The Hall–Kier alpha value is -2.85. The van der Waals surface area contributed by atoms with E-state index in [0.717, 1.165) is 27.0 Å². The van der Waals surface area contributed by atoms with Gasteiger partial charge in [-0.15, -0.1) is 10.2 Å². The lowest BCUT2D eigenvalue weighted by Crippen LogP contribution is -2.26. The largest absolute Gasteiger partial charge is 0.497 e. The van der Waals surface area contributed by atoms with Crippen LogP contribution in [0.25, 0.3) is 0 Å². The minimum atomic E-state index is -0.127. The van der Waals surface area contributed by atoms with Gasteiger partial charge in [0, 0.05) is 17.2 Å². The monoisotopic (exact) mass is 517 g/mol. The second kappa shape index (κ2) is 11.1. The average Bonchev–Trinajstić information content (AvgIpc) is 3.12. The average molecular weight is 518 g/mol. The number of rotatable bonds is 9. The van der Waals surface area contributed by atoms with Crippen LogP contribution in [-0.2, 0) is 29.6 Å². The quantitative estimate of drug-likeness (QED) is 0.421. The number of aryl methyl sites for hydroxylation is 1. The fourth-order valence-electron chi connectivity index (χ4n) is 2.88. The number of methoxy groups -OCH3 is 1. The van der Waals surface area contributed by atoms with Gasteiger partial charge in [0.25, 0.3) is 0 Å². The summed E-state index contributed by atoms with van der Waals surface area (Å²) in [6.07, 6.45) is 0.263. The molecule has 0 aliphatic rings. The molecule has 0 unspecified atom stereocenters. The minimum Gasteiger partial charge on any atom is -0.497 e. The summed E-state index contributed by atoms with van der Waals surface area (Å²) in [7, 11) is 3.41. The van der Waals surface area contributed by atoms with Gasteiger partial charge >= 0.3 is 0 Å². The molecule has 0 bridgehead atoms. The van der Waals surface area contributed by atoms with Crippen molar-refractivity contribution in [1.29, 1.82) is 0 Å². The summed E-state index contributed by atoms with van der Waals surface area (Å²) in [5.41, 5.74) is 2.64. The summed E-state index contributed by atoms with van der Waals surface area (Å²) in [5.74, 6) is 1.32. The van der Waals surface area contributed by atoms with Gasteiger partial charge in [0.05, 0.1) is 25.8 Å². The molecule has 1 heterocycles. The van der Waals surface area contributed by atoms with Gasteiger partial charge in [-0.25, -0.2) is 0 Å². The number of carbonyl (C=O) groups is 2. The van der Waals surface area contributed by atoms with Crippen molar-refractivity contribution >= 4 is 45.2 Å². The minimum absolute atomic E-state index is 0.114. The third kappa shape index (κ3) is 6.57. The Labute approximate surface area is 199 Å². The van der Waals surface area contributed by atoms with E-state index in [4.69, 9.17) is 4.74 Å². The van der Waals surface area contributed by atoms with Crippen molar-refractivity contribution in [2.75, 3.05) is 18.2 Å². The van der Waals surface area contributed by atoms with Crippen molar-refractivity contribution in [3.63, 3.8) is 0 Å². The molecule has 168 valence electrons. The second-order valence-electron chi connectivity index (χ2n) is 7.06. The number of amides is 2. The molecule has 0 atom stereocenters. The molecule has 3 rings (SSSR count). The van der Waals surface area contributed by atoms with Gasteiger partial charge in [0.1, 0.15) is 5.75 Å². The van der Waals surface area contributed by atoms with Gasteiger partial charge in [0.2, 0.25) is 11.8 Å². The molecule has 0 saturated heterocycles. The maximum Gasteiger partial charge on any atom is 0.234 e. The van der Waals surface area contributed by atoms with Crippen molar-refractivity contribution < 1.29 is 14.3 Å². The molecular formula is C22H24BrN5O3S. The number of nitrogens with one attached hydrogen (secondary N) is 2. The highest BCUT2D eigenvalue weighted by Gasteiger charge is 2.13. The van der Waals surface area contributed by atoms with Crippen molar-refractivity contribution in [3.8, 4) is 5.75 Å². The van der Waals surface area contributed by atoms with Gasteiger partial charge in [-0.2, -0.15) is 0 Å². The van der Waals surface area contributed by atoms with Crippen LogP contribution < -0.4 is 15.4 Å². The lowest BCUT2D eigenvalue weighted by Gasteiger charge is -2.09. The van der Waals surface area contributed by atoms with E-state index in [2.05, 4.69) is 36.8 Å². The number of aromatic nitrogens is 3. The normalized spacial score (nSPS) is 10.6. The predicted octanol–water partition coefficient (Wildman–Crippen LogP) is 3.48. The highest BCUT2D eigenvalue weighted by Crippen LogP contribution is 2.21. The Kier molecular flexibility index (Phi) is 8.29. The van der Waals surface area contributed by atoms with Crippen LogP contribution in [0.4, 0.5) is 5.69 Å². The molecule has 0 fully saturated rings. The Bertz CT molecular complexity index is 1100. The Morgan fingerprint density at radius 2 is 1.88 bits per heavy atom. The van der Waals surface area contributed by atoms with Crippen LogP contribution in [0.5, 0.6) is 5.75 Å². The number of anilines is 1. The van der Waals surface area contributed by atoms with E-state index >= 15 is 0 Å². The standard InChI is InChI=1S/C22H24BrN5O3S/c1-14-10-16(23)6-9-18(14)25-21(30)13-32-22-27-26-19(28(22)2)12-24-20(29)11-15-4-7-17(31-3)8-5-15/h4-10H,11-13H2,1-3H3,(H,24,29)(H,25,30). The van der Waals surface area contributed by atoms with Crippen LogP contribution in [0.1, 0.15) is 17.0 Å². The highest BCUT2D eigenvalue weighted by atomic mass is 79.9. The first-order valence-corrected chi connectivity index (χ1v) is 11.6. The summed E-state index contributed by atoms with van der Waals surface area (Å²) in [5, 5.41) is 14.6. The van der Waals surface area contributed by atoms with E-state index < -0.39 is 0 Å². The lowest BCUT2D eigenvalue weighted by molar-refractivity contribution is -0.120. The Balaban J connectivity index is 1.47. The smallest absolute Gasteiger partial charge is 0.234 e. The van der Waals surface area contributed by atoms with E-state index in [0.29, 0.717) is 11.0 Å². The van der Waals surface area contributed by atoms with Crippen molar-refractivity contribution in [1.82, 2.24) is 20.1 Å². The molecular weight excluding hydrogens is 494 g/mol. The molecule has 2 amide bonds. The highest BCUT2D eigenvalue weighted by molar-refractivity contribution is 9.10. The fraction of sp³-hybridized carbons (Fsp3) is 0.273. The number of hydrogen-bond acceptors (Lipinski definition) is 6. The van der Waals surface area contributed by atoms with Crippen molar-refractivity contribution in [2.45, 2.75) is 25.0 Å². The predicted molar refractivity (Wildman–Crippen MR) is 128 cm³/mol. The van der Waals surface area contributed by atoms with Crippen LogP contribution >= 0.6 is 27.7 Å². The summed E-state index contributed by atoms with van der Waals surface area (Å²) >= 11 is 4.70. The summed E-state index contributed by atoms with van der Waals surface area (Å²) < 4.78 is 7.86. The van der Waals surface area contributed by atoms with Crippen molar-refractivity contribution in [3.05, 3.63) is 63.9 Å². The molecule has 0 saturated carbocycles. The van der Waals surface area contributed by atoms with Gasteiger partial charge in [-0.1, -0.05) is 39.8 Å². The number of carbonyl (C=O) groups excluding carboxylic acids is 2. The first kappa shape index (κ1) is 23.8. The first-order valence-electron chi connectivity index (χ1n) is 9.82. The van der Waals surface area contributed by atoms with Gasteiger partial charge in [-0.05, 0) is 48.4 Å². The molecule has 0 radical (unpaired) electrons. The number of hydrogen-bond donors (Lipinski definition) is 2. The molecule has 0 spiro atoms. The Morgan fingerprint density at radius 3 is 2.56 bits per heavy atom. The lowest BCUT2D eigenvalue weighted by atomic mass is 10.1. The number of halogens is 1. The van der Waals surface area contributed by atoms with E-state index in [1.54, 1.807) is 11.7 Å². The maximum atomic E-state index is 12.3. The summed E-state index contributed by atoms with van der Waals surface area (Å²) in [4.78, 5) is 24.5. The summed E-state index contributed by atoms with van der Waals surface area (Å²) in [6, 6.07) is 13.0. The van der Waals surface area contributed by atoms with Gasteiger partial charge < -0.3 is 19.9 Å². The maximum absolute atomic E-state index is 12.3. The molecule has 2 aromatic carbocycles. The molecule has 0 aliphatic carbocycles. The van der Waals surface area contributed by atoms with Crippen LogP contribution in [0, 0.1) is 6.92 Å². The third-order valence-corrected chi connectivity index (χ3v) is 6.20. The van der Waals surface area contributed by atoms with E-state index in [1.807, 2.05) is 56.4 Å². The third-order valence-electron chi connectivity index (χ3n) is 4.69. The van der Waals surface area contributed by atoms with Crippen LogP contribution in [0.2, 0.25) is 0 Å². The SMILES string of the molecule is COc1ccc(CC(=O)NCc2nnc(SCC(=O)Nc3ccc(Br)cc3C)n2C)cc1. The molecule has 2 N–H and O–H groups in total. The Morgan fingerprint density at radius 1 is 1.12 bits per heavy atom. The molecule has 3 aromatic rings. The van der Waals surface area contributed by atoms with E-state index in [-0.39, 0.29) is 30.5 Å². The fourth-order valence-corrected chi connectivity index (χ4v) is 4.08. The van der Waals surface area contributed by atoms with E-state index in [9.17, 15) is 9.59 Å². The summed E-state index contributed by atoms with van der Waals surface area (Å²) in [6.45, 7) is 2.19. The number of ether oxygens (including phenoxy) is 1. The molecule has 10 heteroatoms. The number of nitrogens with zero attached hydrogens (tertiary/aromatic N) is 3. The number of benzene rings is 2. The van der Waals surface area contributed by atoms with Crippen LogP contribution in [-0.4, -0.2) is 39.4 Å². The van der Waals surface area contributed by atoms with Crippen LogP contribution in [0.15, 0.2) is 52.1 Å². The molecule has 0 aliphatic heterocycles. The zero-order valence-electron chi connectivity index (χ0n) is 18.0. The second-order valence-corrected chi connectivity index (χ2v) is 8.91. The molecule has 32 heavy (non-hydrogen) atoms. The van der Waals surface area contributed by atoms with E-state index in [1.165, 1.54) is 11.8 Å². The zero-order valence-corrected chi connectivity index (χ0v) is 20.4. The molecule has 1 aromatic heterocycles. The molecule has 8 nitrogen and oxygen atoms in total.